The first-order valence-corrected chi connectivity index (χ1v) is 12.0. The van der Waals surface area contributed by atoms with Crippen LogP contribution in [0, 0.1) is 23.2 Å². The second-order valence-electron chi connectivity index (χ2n) is 9.70. The molecule has 0 unspecified atom stereocenters. The van der Waals surface area contributed by atoms with Crippen molar-refractivity contribution in [3.8, 4) is 0 Å². The monoisotopic (exact) mass is 429 g/mol. The van der Waals surface area contributed by atoms with Gasteiger partial charge in [-0.25, -0.2) is 4.79 Å². The molecule has 162 valence electrons. The number of rotatable bonds is 8. The number of carbonyl (C=O) groups is 3. The van der Waals surface area contributed by atoms with Crippen molar-refractivity contribution < 1.29 is 19.1 Å². The van der Waals surface area contributed by atoms with Crippen molar-refractivity contribution in [2.24, 2.45) is 23.2 Å². The zero-order chi connectivity index (χ0) is 21.3. The molecule has 4 bridgehead atoms. The number of ether oxygens (including phenoxy) is 1. The Hall–Kier alpha value is -1.82. The second kappa shape index (κ2) is 8.74. The maximum Gasteiger partial charge on any atom is 0.339 e. The summed E-state index contributed by atoms with van der Waals surface area (Å²) in [4.78, 5) is 38.5. The fraction of sp³-hybridized carbons (Fsp3) is 0.625. The third-order valence-corrected chi connectivity index (χ3v) is 7.95. The van der Waals surface area contributed by atoms with Crippen molar-refractivity contribution in [3.05, 3.63) is 29.8 Å². The summed E-state index contributed by atoms with van der Waals surface area (Å²) in [5, 5.41) is 2.84. The van der Waals surface area contributed by atoms with E-state index >= 15 is 0 Å². The fourth-order valence-corrected chi connectivity index (χ4v) is 6.93. The van der Waals surface area contributed by atoms with E-state index < -0.39 is 5.97 Å². The number of thioether (sulfide) groups is 1. The zero-order valence-electron chi connectivity index (χ0n) is 17.8. The summed E-state index contributed by atoms with van der Waals surface area (Å²) in [6.07, 6.45) is 6.77. The lowest BCUT2D eigenvalue weighted by Gasteiger charge is -2.55. The van der Waals surface area contributed by atoms with Crippen LogP contribution in [0.25, 0.3) is 0 Å². The van der Waals surface area contributed by atoms with Crippen LogP contribution in [0.15, 0.2) is 29.2 Å². The van der Waals surface area contributed by atoms with E-state index in [-0.39, 0.29) is 35.5 Å². The Bertz CT molecular complexity index is 799. The number of nitrogens with one attached hydrogen (secondary N) is 1. The molecule has 1 aromatic carbocycles. The van der Waals surface area contributed by atoms with E-state index in [1.165, 1.54) is 31.0 Å². The lowest BCUT2D eigenvalue weighted by Crippen LogP contribution is -2.51. The van der Waals surface area contributed by atoms with Gasteiger partial charge < -0.3 is 10.1 Å². The van der Waals surface area contributed by atoms with Crippen molar-refractivity contribution in [3.63, 3.8) is 0 Å². The lowest BCUT2D eigenvalue weighted by molar-refractivity contribution is -0.147. The van der Waals surface area contributed by atoms with Gasteiger partial charge in [0.15, 0.2) is 12.4 Å². The van der Waals surface area contributed by atoms with Gasteiger partial charge in [-0.2, -0.15) is 0 Å². The molecular formula is C24H31NO4S. The van der Waals surface area contributed by atoms with Gasteiger partial charge in [0.05, 0.1) is 11.3 Å². The Kier molecular flexibility index (Phi) is 6.24. The molecule has 0 aromatic heterocycles. The highest BCUT2D eigenvalue weighted by Gasteiger charge is 2.54. The molecule has 0 spiro atoms. The van der Waals surface area contributed by atoms with Crippen molar-refractivity contribution in [1.29, 1.82) is 0 Å². The SMILES string of the molecule is CC(C)NC(=O)CSc1ccccc1C(=O)OCC(=O)C12CC3CC(CC(C3)C1)C2. The van der Waals surface area contributed by atoms with Crippen LogP contribution in [0.4, 0.5) is 0 Å². The summed E-state index contributed by atoms with van der Waals surface area (Å²) < 4.78 is 5.49. The highest BCUT2D eigenvalue weighted by Crippen LogP contribution is 2.60. The van der Waals surface area contributed by atoms with Crippen LogP contribution in [-0.4, -0.2) is 36.1 Å². The first-order valence-electron chi connectivity index (χ1n) is 11.1. The number of Topliss-reactive ketones (excluding diaryl/α,β-unsaturated/α-hetero) is 1. The number of amides is 1. The lowest BCUT2D eigenvalue weighted by atomic mass is 9.48. The number of benzene rings is 1. The van der Waals surface area contributed by atoms with Gasteiger partial charge in [-0.1, -0.05) is 12.1 Å². The van der Waals surface area contributed by atoms with E-state index in [1.54, 1.807) is 12.1 Å². The van der Waals surface area contributed by atoms with Gasteiger partial charge in [0.1, 0.15) is 0 Å². The summed E-state index contributed by atoms with van der Waals surface area (Å²) in [7, 11) is 0. The molecule has 0 radical (unpaired) electrons. The Labute approximate surface area is 182 Å². The molecule has 5 rings (SSSR count). The van der Waals surface area contributed by atoms with Crippen molar-refractivity contribution in [2.75, 3.05) is 12.4 Å². The molecule has 0 saturated heterocycles. The van der Waals surface area contributed by atoms with E-state index in [4.69, 9.17) is 4.74 Å². The number of esters is 1. The van der Waals surface area contributed by atoms with Crippen molar-refractivity contribution in [1.82, 2.24) is 5.32 Å². The minimum Gasteiger partial charge on any atom is -0.454 e. The number of hydrogen-bond acceptors (Lipinski definition) is 5. The molecule has 1 amide bonds. The Balaban J connectivity index is 1.35. The maximum absolute atomic E-state index is 13.1. The van der Waals surface area contributed by atoms with Crippen LogP contribution in [0.2, 0.25) is 0 Å². The van der Waals surface area contributed by atoms with Gasteiger partial charge in [-0.05, 0) is 82.3 Å². The zero-order valence-corrected chi connectivity index (χ0v) is 18.6. The minimum absolute atomic E-state index is 0.0739. The molecule has 0 aliphatic heterocycles. The highest BCUT2D eigenvalue weighted by atomic mass is 32.2. The molecule has 1 aromatic rings. The summed E-state index contributed by atoms with van der Waals surface area (Å²) in [6, 6.07) is 7.19. The molecule has 4 aliphatic carbocycles. The van der Waals surface area contributed by atoms with E-state index in [0.29, 0.717) is 28.2 Å². The quantitative estimate of drug-likeness (QED) is 0.494. The smallest absolute Gasteiger partial charge is 0.339 e. The third-order valence-electron chi connectivity index (χ3n) is 6.88. The number of carbonyl (C=O) groups excluding carboxylic acids is 3. The largest absolute Gasteiger partial charge is 0.454 e. The number of hydrogen-bond donors (Lipinski definition) is 1. The van der Waals surface area contributed by atoms with Crippen LogP contribution >= 0.6 is 11.8 Å². The molecule has 0 heterocycles. The predicted octanol–water partition coefficient (Wildman–Crippen LogP) is 4.25. The standard InChI is InChI=1S/C24H31NO4S/c1-15(2)25-22(27)14-30-20-6-4-3-5-19(20)23(28)29-13-21(26)24-10-16-7-17(11-24)9-18(8-16)12-24/h3-6,15-18H,7-14H2,1-2H3,(H,25,27). The van der Waals surface area contributed by atoms with Gasteiger partial charge in [0, 0.05) is 16.4 Å². The van der Waals surface area contributed by atoms with E-state index in [0.717, 1.165) is 19.3 Å². The van der Waals surface area contributed by atoms with Crippen LogP contribution in [-0.2, 0) is 14.3 Å². The average Bonchev–Trinajstić information content (AvgIpc) is 2.69. The Morgan fingerprint density at radius 3 is 2.27 bits per heavy atom. The minimum atomic E-state index is -0.486. The summed E-state index contributed by atoms with van der Waals surface area (Å²) >= 11 is 1.31. The molecule has 0 atom stereocenters. The van der Waals surface area contributed by atoms with E-state index in [9.17, 15) is 14.4 Å². The van der Waals surface area contributed by atoms with Crippen LogP contribution < -0.4 is 5.32 Å². The van der Waals surface area contributed by atoms with Crippen LogP contribution in [0.5, 0.6) is 0 Å². The van der Waals surface area contributed by atoms with Crippen molar-refractivity contribution >= 4 is 29.4 Å². The fourth-order valence-electron chi connectivity index (χ4n) is 6.08. The number of ketones is 1. The summed E-state index contributed by atoms with van der Waals surface area (Å²) in [5.41, 5.74) is 0.163. The molecule has 4 fully saturated rings. The topological polar surface area (TPSA) is 72.5 Å². The highest BCUT2D eigenvalue weighted by molar-refractivity contribution is 8.00. The molecule has 6 heteroatoms. The maximum atomic E-state index is 13.1. The first-order chi connectivity index (χ1) is 14.3. The van der Waals surface area contributed by atoms with Crippen LogP contribution in [0.3, 0.4) is 0 Å². The average molecular weight is 430 g/mol. The van der Waals surface area contributed by atoms with Gasteiger partial charge >= 0.3 is 5.97 Å². The predicted molar refractivity (Wildman–Crippen MR) is 116 cm³/mol. The molecule has 4 saturated carbocycles. The van der Waals surface area contributed by atoms with E-state index in [2.05, 4.69) is 5.32 Å². The summed E-state index contributed by atoms with van der Waals surface area (Å²) in [6.45, 7) is 3.68. The Morgan fingerprint density at radius 2 is 1.67 bits per heavy atom. The molecule has 5 nitrogen and oxygen atoms in total. The van der Waals surface area contributed by atoms with Gasteiger partial charge in [0.2, 0.25) is 5.91 Å². The van der Waals surface area contributed by atoms with Gasteiger partial charge in [0.25, 0.3) is 0 Å². The molecular weight excluding hydrogens is 398 g/mol. The van der Waals surface area contributed by atoms with Crippen LogP contribution in [0.1, 0.15) is 62.7 Å². The first kappa shape index (κ1) is 21.4. The second-order valence-corrected chi connectivity index (χ2v) is 10.7. The van der Waals surface area contributed by atoms with E-state index in [1.807, 2.05) is 26.0 Å². The van der Waals surface area contributed by atoms with Crippen molar-refractivity contribution in [2.45, 2.75) is 63.3 Å². The molecule has 30 heavy (non-hydrogen) atoms. The summed E-state index contributed by atoms with van der Waals surface area (Å²) in [5.74, 6) is 1.83. The van der Waals surface area contributed by atoms with Gasteiger partial charge in [-0.3, -0.25) is 9.59 Å². The molecule has 4 aliphatic rings. The normalized spacial score (nSPS) is 29.1. The Morgan fingerprint density at radius 1 is 1.07 bits per heavy atom. The third kappa shape index (κ3) is 4.58. The molecule has 1 N–H and O–H groups in total. The van der Waals surface area contributed by atoms with Gasteiger partial charge in [-0.15, -0.1) is 11.8 Å².